The van der Waals surface area contributed by atoms with Crippen LogP contribution in [0.3, 0.4) is 0 Å². The van der Waals surface area contributed by atoms with Gasteiger partial charge in [-0.25, -0.2) is 0 Å². The maximum Gasteiger partial charge on any atom is 0.249 e. The van der Waals surface area contributed by atoms with E-state index in [0.717, 1.165) is 38.5 Å². The SMILES string of the molecule is CCCCCCCCCCCCCC/C=C\CCCCCCCCCC(O)C(=O)NC(CO)C(O)C(O)CCC/C=C/CC/C=C/CCCCCCCCCCCCCCCCCC. The molecular formula is C58H111NO5. The molecular weight excluding hydrogens is 791 g/mol. The highest BCUT2D eigenvalue weighted by atomic mass is 16.3. The molecule has 4 atom stereocenters. The molecule has 1 amide bonds. The lowest BCUT2D eigenvalue weighted by molar-refractivity contribution is -0.132. The molecule has 0 bridgehead atoms. The van der Waals surface area contributed by atoms with Crippen LogP contribution in [0.4, 0.5) is 0 Å². The summed E-state index contributed by atoms with van der Waals surface area (Å²) in [6.07, 6.45) is 65.0. The molecule has 0 saturated heterocycles. The van der Waals surface area contributed by atoms with Crippen molar-refractivity contribution in [3.8, 4) is 0 Å². The van der Waals surface area contributed by atoms with Gasteiger partial charge in [-0.2, -0.15) is 0 Å². The largest absolute Gasteiger partial charge is 0.394 e. The molecule has 0 fully saturated rings. The van der Waals surface area contributed by atoms with E-state index in [1.165, 1.54) is 225 Å². The first-order chi connectivity index (χ1) is 31.5. The summed E-state index contributed by atoms with van der Waals surface area (Å²) in [7, 11) is 0. The minimum Gasteiger partial charge on any atom is -0.394 e. The van der Waals surface area contributed by atoms with Crippen LogP contribution >= 0.6 is 0 Å². The Morgan fingerprint density at radius 1 is 0.375 bits per heavy atom. The molecule has 0 aliphatic rings. The average molecular weight is 903 g/mol. The second kappa shape index (κ2) is 52.5. The molecule has 6 heteroatoms. The molecule has 378 valence electrons. The summed E-state index contributed by atoms with van der Waals surface area (Å²) in [4.78, 5) is 12.6. The van der Waals surface area contributed by atoms with Crippen molar-refractivity contribution in [2.24, 2.45) is 0 Å². The van der Waals surface area contributed by atoms with Crippen LogP contribution in [0.1, 0.15) is 296 Å². The second-order valence-corrected chi connectivity index (χ2v) is 19.6. The van der Waals surface area contributed by atoms with Gasteiger partial charge in [-0.3, -0.25) is 4.79 Å². The molecule has 0 aliphatic heterocycles. The van der Waals surface area contributed by atoms with E-state index in [0.29, 0.717) is 19.3 Å². The topological polar surface area (TPSA) is 110 Å². The van der Waals surface area contributed by atoms with Crippen molar-refractivity contribution in [1.82, 2.24) is 5.32 Å². The smallest absolute Gasteiger partial charge is 0.249 e. The van der Waals surface area contributed by atoms with E-state index in [1.807, 2.05) is 0 Å². The minimum atomic E-state index is -1.29. The monoisotopic (exact) mass is 902 g/mol. The van der Waals surface area contributed by atoms with E-state index in [9.17, 15) is 25.2 Å². The van der Waals surface area contributed by atoms with E-state index in [-0.39, 0.29) is 0 Å². The number of nitrogens with one attached hydrogen (secondary N) is 1. The lowest BCUT2D eigenvalue weighted by Crippen LogP contribution is -2.53. The molecule has 64 heavy (non-hydrogen) atoms. The third-order valence-electron chi connectivity index (χ3n) is 13.3. The number of allylic oxidation sites excluding steroid dienone is 6. The maximum absolute atomic E-state index is 12.6. The third kappa shape index (κ3) is 45.7. The normalized spacial score (nSPS) is 14.0. The van der Waals surface area contributed by atoms with Crippen LogP contribution in [0.25, 0.3) is 0 Å². The van der Waals surface area contributed by atoms with Gasteiger partial charge >= 0.3 is 0 Å². The Morgan fingerprint density at radius 2 is 0.656 bits per heavy atom. The number of aliphatic hydroxyl groups excluding tert-OH is 4. The molecule has 0 spiro atoms. The van der Waals surface area contributed by atoms with Crippen LogP contribution in [-0.2, 0) is 4.79 Å². The summed E-state index contributed by atoms with van der Waals surface area (Å²) >= 11 is 0. The van der Waals surface area contributed by atoms with Gasteiger partial charge in [0.15, 0.2) is 0 Å². The van der Waals surface area contributed by atoms with Crippen LogP contribution in [-0.4, -0.2) is 57.3 Å². The zero-order valence-corrected chi connectivity index (χ0v) is 42.8. The highest BCUT2D eigenvalue weighted by Gasteiger charge is 2.28. The lowest BCUT2D eigenvalue weighted by atomic mass is 10.00. The predicted octanol–water partition coefficient (Wildman–Crippen LogP) is 16.4. The van der Waals surface area contributed by atoms with E-state index in [2.05, 4.69) is 55.6 Å². The summed E-state index contributed by atoms with van der Waals surface area (Å²) in [5, 5.41) is 43.9. The van der Waals surface area contributed by atoms with Crippen molar-refractivity contribution >= 4 is 5.91 Å². The van der Waals surface area contributed by atoms with Crippen molar-refractivity contribution in [3.05, 3.63) is 36.5 Å². The minimum absolute atomic E-state index is 0.355. The molecule has 5 N–H and O–H groups in total. The molecule has 0 radical (unpaired) electrons. The molecule has 0 aromatic heterocycles. The molecule has 0 rings (SSSR count). The van der Waals surface area contributed by atoms with Crippen LogP contribution in [0.15, 0.2) is 36.5 Å². The zero-order chi connectivity index (χ0) is 46.7. The van der Waals surface area contributed by atoms with Gasteiger partial charge in [0, 0.05) is 0 Å². The maximum atomic E-state index is 12.6. The highest BCUT2D eigenvalue weighted by Crippen LogP contribution is 2.17. The van der Waals surface area contributed by atoms with E-state index >= 15 is 0 Å². The second-order valence-electron chi connectivity index (χ2n) is 19.6. The zero-order valence-electron chi connectivity index (χ0n) is 42.8. The fraction of sp³-hybridized carbons (Fsp3) is 0.879. The van der Waals surface area contributed by atoms with Crippen LogP contribution < -0.4 is 5.32 Å². The van der Waals surface area contributed by atoms with Gasteiger partial charge in [-0.15, -0.1) is 0 Å². The fourth-order valence-corrected chi connectivity index (χ4v) is 8.83. The summed E-state index contributed by atoms with van der Waals surface area (Å²) in [5.74, 6) is -0.598. The molecule has 0 heterocycles. The number of aliphatic hydroxyl groups is 4. The number of carbonyl (C=O) groups excluding carboxylic acids is 1. The Labute approximate surface area is 398 Å². The first-order valence-corrected chi connectivity index (χ1v) is 28.4. The van der Waals surface area contributed by atoms with Crippen molar-refractivity contribution < 1.29 is 25.2 Å². The Balaban J connectivity index is 3.70. The van der Waals surface area contributed by atoms with Gasteiger partial charge in [0.1, 0.15) is 12.2 Å². The van der Waals surface area contributed by atoms with Gasteiger partial charge in [0.25, 0.3) is 0 Å². The van der Waals surface area contributed by atoms with E-state index in [4.69, 9.17) is 0 Å². The predicted molar refractivity (Wildman–Crippen MR) is 279 cm³/mol. The molecule has 0 aromatic carbocycles. The fourth-order valence-electron chi connectivity index (χ4n) is 8.83. The Kier molecular flexibility index (Phi) is 51.3. The van der Waals surface area contributed by atoms with E-state index < -0.39 is 36.9 Å². The lowest BCUT2D eigenvalue weighted by Gasteiger charge is -2.27. The molecule has 0 saturated carbocycles. The van der Waals surface area contributed by atoms with Gasteiger partial charge in [0.05, 0.1) is 18.8 Å². The average Bonchev–Trinajstić information content (AvgIpc) is 3.30. The number of carbonyl (C=O) groups is 1. The van der Waals surface area contributed by atoms with Gasteiger partial charge in [0.2, 0.25) is 5.91 Å². The van der Waals surface area contributed by atoms with Gasteiger partial charge in [-0.1, -0.05) is 256 Å². The van der Waals surface area contributed by atoms with Gasteiger partial charge in [-0.05, 0) is 77.0 Å². The number of amides is 1. The first kappa shape index (κ1) is 62.5. The van der Waals surface area contributed by atoms with Crippen LogP contribution in [0, 0.1) is 0 Å². The Morgan fingerprint density at radius 3 is 0.984 bits per heavy atom. The quantitative estimate of drug-likeness (QED) is 0.0309. The highest BCUT2D eigenvalue weighted by molar-refractivity contribution is 5.80. The van der Waals surface area contributed by atoms with E-state index in [1.54, 1.807) is 0 Å². The van der Waals surface area contributed by atoms with Crippen molar-refractivity contribution in [2.45, 2.75) is 321 Å². The standard InChI is InChI=1S/C58H111NO5/c1-3-5-7-9-11-13-15-17-19-21-23-25-27-28-30-31-33-35-37-39-41-43-45-47-49-51-55(61)57(63)54(53-60)59-58(64)56(62)52-50-48-46-44-42-40-38-36-34-32-29-26-24-22-20-18-16-14-12-10-8-6-4-2/h32,34-35,37,43,45,54-57,60-63H,3-31,33,36,38-42,44,46-53H2,1-2H3,(H,59,64)/b34-32-,37-35+,45-43+. The van der Waals surface area contributed by atoms with Crippen LogP contribution in [0.2, 0.25) is 0 Å². The molecule has 0 aliphatic carbocycles. The Bertz CT molecular complexity index is 1010. The molecule has 0 aromatic rings. The summed E-state index contributed by atoms with van der Waals surface area (Å²) in [6.45, 7) is 4.07. The van der Waals surface area contributed by atoms with Crippen molar-refractivity contribution in [3.63, 3.8) is 0 Å². The summed E-state index contributed by atoms with van der Waals surface area (Å²) < 4.78 is 0. The molecule has 6 nitrogen and oxygen atoms in total. The van der Waals surface area contributed by atoms with Gasteiger partial charge < -0.3 is 25.7 Å². The molecule has 4 unspecified atom stereocenters. The van der Waals surface area contributed by atoms with Crippen LogP contribution in [0.5, 0.6) is 0 Å². The van der Waals surface area contributed by atoms with Crippen molar-refractivity contribution in [2.75, 3.05) is 6.61 Å². The Hall–Kier alpha value is -1.47. The number of hydrogen-bond acceptors (Lipinski definition) is 5. The summed E-state index contributed by atoms with van der Waals surface area (Å²) in [5.41, 5.74) is 0. The van der Waals surface area contributed by atoms with Crippen molar-refractivity contribution in [1.29, 1.82) is 0 Å². The number of rotatable bonds is 52. The number of unbranched alkanes of at least 4 members (excludes halogenated alkanes) is 37. The summed E-state index contributed by atoms with van der Waals surface area (Å²) in [6, 6.07) is -1.01. The number of hydrogen-bond donors (Lipinski definition) is 5. The first-order valence-electron chi connectivity index (χ1n) is 28.4. The third-order valence-corrected chi connectivity index (χ3v) is 13.3.